The molecular formula is C23H38FNO4Si. The third-order valence-electron chi connectivity index (χ3n) is 6.92. The van der Waals surface area contributed by atoms with Crippen molar-refractivity contribution in [2.75, 3.05) is 13.2 Å². The summed E-state index contributed by atoms with van der Waals surface area (Å²) < 4.78 is 21.0. The van der Waals surface area contributed by atoms with Gasteiger partial charge in [0, 0.05) is 19.1 Å². The molecule has 170 valence electrons. The molecule has 1 aromatic rings. The molecule has 1 aromatic carbocycles. The van der Waals surface area contributed by atoms with E-state index in [4.69, 9.17) is 4.43 Å². The van der Waals surface area contributed by atoms with Crippen LogP contribution in [-0.2, 0) is 4.43 Å². The largest absolute Gasteiger partial charge is 0.465 e. The van der Waals surface area contributed by atoms with Crippen LogP contribution in [0.4, 0.5) is 9.18 Å². The van der Waals surface area contributed by atoms with E-state index >= 15 is 0 Å². The van der Waals surface area contributed by atoms with Gasteiger partial charge in [-0.15, -0.1) is 0 Å². The molecule has 3 unspecified atom stereocenters. The first kappa shape index (κ1) is 24.8. The predicted molar refractivity (Wildman–Crippen MR) is 120 cm³/mol. The quantitative estimate of drug-likeness (QED) is 0.533. The number of nitrogens with zero attached hydrogens (tertiary/aromatic N) is 1. The van der Waals surface area contributed by atoms with E-state index in [9.17, 15) is 19.4 Å². The predicted octanol–water partition coefficient (Wildman–Crippen LogP) is 5.73. The maximum absolute atomic E-state index is 14.3. The van der Waals surface area contributed by atoms with Crippen LogP contribution >= 0.6 is 0 Å². The van der Waals surface area contributed by atoms with Gasteiger partial charge in [0.05, 0.1) is 12.1 Å². The normalized spacial score (nSPS) is 22.9. The van der Waals surface area contributed by atoms with E-state index < -0.39 is 32.5 Å². The number of likely N-dealkylation sites (tertiary alicyclic amines) is 1. The second-order valence-corrected chi connectivity index (χ2v) is 15.0. The molecule has 1 aliphatic heterocycles. The lowest BCUT2D eigenvalue weighted by Gasteiger charge is -2.47. The maximum atomic E-state index is 14.3. The Morgan fingerprint density at radius 2 is 1.77 bits per heavy atom. The summed E-state index contributed by atoms with van der Waals surface area (Å²) in [6.45, 7) is 15.3. The van der Waals surface area contributed by atoms with E-state index in [2.05, 4.69) is 41.5 Å². The molecule has 1 amide bonds. The number of benzene rings is 1. The standard InChI is InChI=1S/C23H38FNO4Si/c1-14(2)30(15(3)4,16(5)6)29-13-19-21(26)10-11-25(23(27)28)22(19)18-9-8-17(7)20(24)12-18/h8-9,12,14-16,19,21-22,26H,10-11,13H2,1-7H3,(H,27,28). The fraction of sp³-hybridized carbons (Fsp3) is 0.696. The summed E-state index contributed by atoms with van der Waals surface area (Å²) in [5, 5.41) is 20.7. The first-order chi connectivity index (χ1) is 13.9. The van der Waals surface area contributed by atoms with E-state index in [0.717, 1.165) is 0 Å². The summed E-state index contributed by atoms with van der Waals surface area (Å²) in [5.74, 6) is -0.812. The number of carbonyl (C=O) groups is 1. The zero-order valence-electron chi connectivity index (χ0n) is 19.4. The molecule has 0 aromatic heterocycles. The van der Waals surface area contributed by atoms with Gasteiger partial charge in [0.15, 0.2) is 8.32 Å². The van der Waals surface area contributed by atoms with Crippen molar-refractivity contribution >= 4 is 14.4 Å². The molecule has 5 nitrogen and oxygen atoms in total. The Hall–Kier alpha value is -1.44. The number of hydrogen-bond donors (Lipinski definition) is 2. The van der Waals surface area contributed by atoms with Crippen molar-refractivity contribution < 1.29 is 23.8 Å². The average Bonchev–Trinajstić information content (AvgIpc) is 2.64. The number of rotatable bonds is 7. The van der Waals surface area contributed by atoms with Gasteiger partial charge >= 0.3 is 6.09 Å². The van der Waals surface area contributed by atoms with Gasteiger partial charge < -0.3 is 19.5 Å². The number of amides is 1. The minimum Gasteiger partial charge on any atom is -0.465 e. The first-order valence-electron chi connectivity index (χ1n) is 11.0. The van der Waals surface area contributed by atoms with Gasteiger partial charge in [0.1, 0.15) is 5.82 Å². The molecule has 3 atom stereocenters. The lowest BCUT2D eigenvalue weighted by atomic mass is 9.83. The smallest absolute Gasteiger partial charge is 0.407 e. The Kier molecular flexibility index (Phi) is 8.10. The number of hydrogen-bond acceptors (Lipinski definition) is 3. The summed E-state index contributed by atoms with van der Waals surface area (Å²) in [6, 6.07) is 4.19. The van der Waals surface area contributed by atoms with Gasteiger partial charge in [-0.1, -0.05) is 53.7 Å². The SMILES string of the molecule is Cc1ccc(C2C(CO[Si](C(C)C)(C(C)C)C(C)C)C(O)CCN2C(=O)O)cc1F. The average molecular weight is 440 g/mol. The van der Waals surface area contributed by atoms with Crippen molar-refractivity contribution in [3.8, 4) is 0 Å². The molecule has 0 spiro atoms. The number of carboxylic acid groups (broad SMARTS) is 1. The number of aryl methyl sites for hydroxylation is 1. The van der Waals surface area contributed by atoms with E-state index in [-0.39, 0.29) is 19.0 Å². The van der Waals surface area contributed by atoms with E-state index in [1.54, 1.807) is 19.1 Å². The highest BCUT2D eigenvalue weighted by Gasteiger charge is 2.48. The van der Waals surface area contributed by atoms with Gasteiger partial charge in [0.2, 0.25) is 0 Å². The van der Waals surface area contributed by atoms with Crippen LogP contribution in [-0.4, -0.2) is 48.8 Å². The molecular weight excluding hydrogens is 401 g/mol. The van der Waals surface area contributed by atoms with E-state index in [0.29, 0.717) is 34.2 Å². The summed E-state index contributed by atoms with van der Waals surface area (Å²) >= 11 is 0. The van der Waals surface area contributed by atoms with Gasteiger partial charge in [-0.05, 0) is 47.2 Å². The molecule has 2 N–H and O–H groups in total. The molecule has 0 aliphatic carbocycles. The van der Waals surface area contributed by atoms with Crippen LogP contribution in [0.15, 0.2) is 18.2 Å². The van der Waals surface area contributed by atoms with Crippen molar-refractivity contribution in [2.24, 2.45) is 5.92 Å². The third kappa shape index (κ3) is 4.73. The number of piperidine rings is 1. The molecule has 0 saturated carbocycles. The fourth-order valence-electron chi connectivity index (χ4n) is 5.44. The number of halogens is 1. The van der Waals surface area contributed by atoms with Crippen LogP contribution in [0, 0.1) is 18.7 Å². The number of aliphatic hydroxyl groups excluding tert-OH is 1. The Labute approximate surface area is 181 Å². The zero-order chi connectivity index (χ0) is 22.8. The minimum absolute atomic E-state index is 0.217. The Morgan fingerprint density at radius 3 is 2.23 bits per heavy atom. The molecule has 1 heterocycles. The third-order valence-corrected chi connectivity index (χ3v) is 13.0. The fourth-order valence-corrected chi connectivity index (χ4v) is 10.9. The highest BCUT2D eigenvalue weighted by Crippen LogP contribution is 2.44. The van der Waals surface area contributed by atoms with Crippen molar-refractivity contribution in [3.63, 3.8) is 0 Å². The molecule has 0 bridgehead atoms. The molecule has 1 saturated heterocycles. The van der Waals surface area contributed by atoms with Crippen LogP contribution in [0.2, 0.25) is 16.6 Å². The zero-order valence-corrected chi connectivity index (χ0v) is 20.4. The minimum atomic E-state index is -2.19. The van der Waals surface area contributed by atoms with Crippen LogP contribution in [0.25, 0.3) is 0 Å². The van der Waals surface area contributed by atoms with Crippen molar-refractivity contribution in [1.82, 2.24) is 4.90 Å². The number of aliphatic hydroxyl groups is 1. The Morgan fingerprint density at radius 1 is 1.20 bits per heavy atom. The summed E-state index contributed by atoms with van der Waals surface area (Å²) in [5.41, 5.74) is 2.21. The van der Waals surface area contributed by atoms with Crippen molar-refractivity contribution in [3.05, 3.63) is 35.1 Å². The summed E-state index contributed by atoms with van der Waals surface area (Å²) in [4.78, 5) is 13.3. The summed E-state index contributed by atoms with van der Waals surface area (Å²) in [6.07, 6.45) is -1.41. The maximum Gasteiger partial charge on any atom is 0.407 e. The molecule has 0 radical (unpaired) electrons. The molecule has 2 rings (SSSR count). The van der Waals surface area contributed by atoms with Crippen LogP contribution in [0.1, 0.15) is 65.1 Å². The second-order valence-electron chi connectivity index (χ2n) is 9.58. The molecule has 7 heteroatoms. The van der Waals surface area contributed by atoms with Gasteiger partial charge in [-0.2, -0.15) is 0 Å². The van der Waals surface area contributed by atoms with Crippen LogP contribution in [0.3, 0.4) is 0 Å². The highest BCUT2D eigenvalue weighted by molar-refractivity contribution is 6.77. The molecule has 1 fully saturated rings. The second kappa shape index (κ2) is 9.79. The van der Waals surface area contributed by atoms with Crippen LogP contribution < -0.4 is 0 Å². The van der Waals surface area contributed by atoms with E-state index in [1.807, 2.05) is 0 Å². The lowest BCUT2D eigenvalue weighted by Crippen LogP contribution is -2.53. The monoisotopic (exact) mass is 439 g/mol. The van der Waals surface area contributed by atoms with E-state index in [1.165, 1.54) is 11.0 Å². The van der Waals surface area contributed by atoms with Crippen molar-refractivity contribution in [1.29, 1.82) is 0 Å². The molecule has 1 aliphatic rings. The van der Waals surface area contributed by atoms with Gasteiger partial charge in [0.25, 0.3) is 0 Å². The highest BCUT2D eigenvalue weighted by atomic mass is 28.4. The molecule has 30 heavy (non-hydrogen) atoms. The van der Waals surface area contributed by atoms with Crippen LogP contribution in [0.5, 0.6) is 0 Å². The Bertz CT molecular complexity index is 718. The first-order valence-corrected chi connectivity index (χ1v) is 13.1. The van der Waals surface area contributed by atoms with Crippen molar-refractivity contribution in [2.45, 2.75) is 83.7 Å². The lowest BCUT2D eigenvalue weighted by molar-refractivity contribution is -0.0309. The summed E-state index contributed by atoms with van der Waals surface area (Å²) in [7, 11) is -2.19. The van der Waals surface area contributed by atoms with Gasteiger partial charge in [-0.25, -0.2) is 9.18 Å². The topological polar surface area (TPSA) is 70.0 Å². The van der Waals surface area contributed by atoms with Gasteiger partial charge in [-0.3, -0.25) is 0 Å². The Balaban J connectivity index is 2.44.